The first kappa shape index (κ1) is 33.7. The fourth-order valence-corrected chi connectivity index (χ4v) is 4.50. The number of esters is 1. The lowest BCUT2D eigenvalue weighted by atomic mass is 10.0. The molecule has 0 aliphatic rings. The van der Waals surface area contributed by atoms with Crippen LogP contribution >= 0.6 is 0 Å². The number of unbranched alkanes of at least 4 members (excludes halogenated alkanes) is 12. The van der Waals surface area contributed by atoms with Gasteiger partial charge in [-0.15, -0.1) is 0 Å². The second kappa shape index (κ2) is 20.3. The summed E-state index contributed by atoms with van der Waals surface area (Å²) in [7, 11) is 2.70. The first-order chi connectivity index (χ1) is 20.0. The van der Waals surface area contributed by atoms with Gasteiger partial charge in [0, 0.05) is 23.9 Å². The van der Waals surface area contributed by atoms with Crippen LogP contribution in [0.5, 0.6) is 11.5 Å². The summed E-state index contributed by atoms with van der Waals surface area (Å²) in [4.78, 5) is 37.4. The van der Waals surface area contributed by atoms with Crippen LogP contribution in [0, 0.1) is 0 Å². The SMILES string of the molecule is CCCCCCCCCCCCCCCC(=O)Nc1ccc(NC(=O)C(Oc2cccc(OC)c2)C(=O)OC)cc1. The summed E-state index contributed by atoms with van der Waals surface area (Å²) in [6.07, 6.45) is 15.5. The molecule has 0 saturated heterocycles. The summed E-state index contributed by atoms with van der Waals surface area (Å²) in [5.41, 5.74) is 1.09. The van der Waals surface area contributed by atoms with E-state index in [9.17, 15) is 14.4 Å². The molecule has 2 aromatic rings. The molecular formula is C33H48N2O6. The average molecular weight is 569 g/mol. The van der Waals surface area contributed by atoms with Gasteiger partial charge in [-0.05, 0) is 42.8 Å². The van der Waals surface area contributed by atoms with E-state index in [2.05, 4.69) is 17.6 Å². The van der Waals surface area contributed by atoms with Gasteiger partial charge in [0.1, 0.15) is 11.5 Å². The minimum Gasteiger partial charge on any atom is -0.497 e. The van der Waals surface area contributed by atoms with Crippen LogP contribution < -0.4 is 20.1 Å². The van der Waals surface area contributed by atoms with Crippen molar-refractivity contribution in [2.45, 2.75) is 103 Å². The van der Waals surface area contributed by atoms with E-state index in [0.29, 0.717) is 23.5 Å². The lowest BCUT2D eigenvalue weighted by Gasteiger charge is -2.17. The maximum Gasteiger partial charge on any atom is 0.357 e. The number of amides is 2. The fraction of sp³-hybridized carbons (Fsp3) is 0.545. The number of benzene rings is 2. The van der Waals surface area contributed by atoms with Crippen LogP contribution in [0.4, 0.5) is 11.4 Å². The van der Waals surface area contributed by atoms with Gasteiger partial charge >= 0.3 is 5.97 Å². The molecule has 2 rings (SSSR count). The van der Waals surface area contributed by atoms with Gasteiger partial charge in [-0.3, -0.25) is 9.59 Å². The van der Waals surface area contributed by atoms with Gasteiger partial charge in [0.2, 0.25) is 5.91 Å². The number of carbonyl (C=O) groups excluding carboxylic acids is 3. The molecule has 0 bridgehead atoms. The molecule has 8 nitrogen and oxygen atoms in total. The lowest BCUT2D eigenvalue weighted by molar-refractivity contribution is -0.152. The maximum absolute atomic E-state index is 12.8. The summed E-state index contributed by atoms with van der Waals surface area (Å²) in [5, 5.41) is 5.55. The zero-order valence-electron chi connectivity index (χ0n) is 25.0. The quantitative estimate of drug-likeness (QED) is 0.0910. The third-order valence-corrected chi connectivity index (χ3v) is 6.89. The normalized spacial score (nSPS) is 11.4. The predicted molar refractivity (Wildman–Crippen MR) is 163 cm³/mol. The van der Waals surface area contributed by atoms with Crippen LogP contribution in [0.2, 0.25) is 0 Å². The minimum absolute atomic E-state index is 0.0256. The van der Waals surface area contributed by atoms with E-state index in [4.69, 9.17) is 14.2 Å². The molecule has 0 heterocycles. The topological polar surface area (TPSA) is 103 Å². The number of carbonyl (C=O) groups is 3. The summed E-state index contributed by atoms with van der Waals surface area (Å²) >= 11 is 0. The third-order valence-electron chi connectivity index (χ3n) is 6.89. The zero-order valence-corrected chi connectivity index (χ0v) is 25.0. The highest BCUT2D eigenvalue weighted by Crippen LogP contribution is 2.21. The largest absolute Gasteiger partial charge is 0.497 e. The summed E-state index contributed by atoms with van der Waals surface area (Å²) in [6.45, 7) is 2.25. The Morgan fingerprint density at radius 2 is 1.20 bits per heavy atom. The molecule has 0 spiro atoms. The Balaban J connectivity index is 1.66. The Morgan fingerprint density at radius 1 is 0.683 bits per heavy atom. The Bertz CT molecular complexity index is 1040. The van der Waals surface area contributed by atoms with Crippen molar-refractivity contribution in [3.63, 3.8) is 0 Å². The van der Waals surface area contributed by atoms with Crippen LogP contribution in [0.1, 0.15) is 96.8 Å². The van der Waals surface area contributed by atoms with E-state index in [1.807, 2.05) is 0 Å². The van der Waals surface area contributed by atoms with E-state index in [0.717, 1.165) is 12.8 Å². The van der Waals surface area contributed by atoms with Crippen molar-refractivity contribution in [2.24, 2.45) is 0 Å². The molecule has 2 amide bonds. The van der Waals surface area contributed by atoms with Crippen LogP contribution in [-0.2, 0) is 19.1 Å². The smallest absolute Gasteiger partial charge is 0.357 e. The van der Waals surface area contributed by atoms with Crippen LogP contribution in [0.25, 0.3) is 0 Å². The Kier molecular flexibility index (Phi) is 16.7. The van der Waals surface area contributed by atoms with Gasteiger partial charge in [0.05, 0.1) is 14.2 Å². The monoisotopic (exact) mass is 568 g/mol. The van der Waals surface area contributed by atoms with Gasteiger partial charge in [0.15, 0.2) is 0 Å². The van der Waals surface area contributed by atoms with E-state index >= 15 is 0 Å². The van der Waals surface area contributed by atoms with Crippen LogP contribution in [-0.4, -0.2) is 38.1 Å². The van der Waals surface area contributed by atoms with Gasteiger partial charge in [-0.1, -0.05) is 90.0 Å². The number of methoxy groups -OCH3 is 2. The average Bonchev–Trinajstić information content (AvgIpc) is 2.99. The van der Waals surface area contributed by atoms with Crippen molar-refractivity contribution in [3.05, 3.63) is 48.5 Å². The molecule has 226 valence electrons. The van der Waals surface area contributed by atoms with Gasteiger partial charge < -0.3 is 24.8 Å². The lowest BCUT2D eigenvalue weighted by Crippen LogP contribution is -2.40. The molecule has 1 atom stereocenters. The molecule has 0 aliphatic heterocycles. The Hall–Kier alpha value is -3.55. The number of nitrogens with one attached hydrogen (secondary N) is 2. The number of hydrogen-bond donors (Lipinski definition) is 2. The van der Waals surface area contributed by atoms with E-state index in [1.54, 1.807) is 48.5 Å². The summed E-state index contributed by atoms with van der Waals surface area (Å²) in [6, 6.07) is 13.3. The number of rotatable bonds is 21. The second-order valence-electron chi connectivity index (χ2n) is 10.3. The van der Waals surface area contributed by atoms with E-state index in [1.165, 1.54) is 84.8 Å². The maximum atomic E-state index is 12.8. The van der Waals surface area contributed by atoms with Crippen molar-refractivity contribution < 1.29 is 28.6 Å². The molecule has 2 aromatic carbocycles. The fourth-order valence-electron chi connectivity index (χ4n) is 4.50. The van der Waals surface area contributed by atoms with Crippen LogP contribution in [0.15, 0.2) is 48.5 Å². The summed E-state index contributed by atoms with van der Waals surface area (Å²) in [5.74, 6) is -0.724. The van der Waals surface area contributed by atoms with Crippen molar-refractivity contribution in [1.29, 1.82) is 0 Å². The first-order valence-corrected chi connectivity index (χ1v) is 15.1. The standard InChI is InChI=1S/C33H48N2O6/c1-4-5-6-7-8-9-10-11-12-13-14-15-16-20-30(36)34-26-21-23-27(24-22-26)35-32(37)31(33(38)40-3)41-29-19-17-18-28(25-29)39-2/h17-19,21-25,31H,4-16,20H2,1-3H3,(H,34,36)(H,35,37). The highest BCUT2D eigenvalue weighted by molar-refractivity contribution is 6.07. The van der Waals surface area contributed by atoms with Gasteiger partial charge in [0.25, 0.3) is 12.0 Å². The number of hydrogen-bond acceptors (Lipinski definition) is 6. The van der Waals surface area contributed by atoms with Crippen LogP contribution in [0.3, 0.4) is 0 Å². The first-order valence-electron chi connectivity index (χ1n) is 15.1. The predicted octanol–water partition coefficient (Wildman–Crippen LogP) is 7.67. The van der Waals surface area contributed by atoms with Crippen molar-refractivity contribution in [3.8, 4) is 11.5 Å². The summed E-state index contributed by atoms with van der Waals surface area (Å²) < 4.78 is 15.5. The molecule has 0 aromatic heterocycles. The highest BCUT2D eigenvalue weighted by atomic mass is 16.6. The second-order valence-corrected chi connectivity index (χ2v) is 10.3. The Labute approximate surface area is 245 Å². The molecular weight excluding hydrogens is 520 g/mol. The molecule has 41 heavy (non-hydrogen) atoms. The molecule has 0 saturated carbocycles. The third kappa shape index (κ3) is 14.1. The highest BCUT2D eigenvalue weighted by Gasteiger charge is 2.30. The van der Waals surface area contributed by atoms with Gasteiger partial charge in [-0.2, -0.15) is 0 Å². The van der Waals surface area contributed by atoms with Crippen molar-refractivity contribution in [1.82, 2.24) is 0 Å². The molecule has 8 heteroatoms. The molecule has 1 unspecified atom stereocenters. The number of anilines is 2. The van der Waals surface area contributed by atoms with E-state index < -0.39 is 18.0 Å². The zero-order chi connectivity index (χ0) is 29.7. The molecule has 2 N–H and O–H groups in total. The minimum atomic E-state index is -1.51. The van der Waals surface area contributed by atoms with Crippen molar-refractivity contribution in [2.75, 3.05) is 24.9 Å². The molecule has 0 radical (unpaired) electrons. The van der Waals surface area contributed by atoms with Gasteiger partial charge in [-0.25, -0.2) is 4.79 Å². The number of ether oxygens (including phenoxy) is 3. The van der Waals surface area contributed by atoms with E-state index in [-0.39, 0.29) is 11.7 Å². The molecule has 0 aliphatic carbocycles. The molecule has 0 fully saturated rings. The van der Waals surface area contributed by atoms with Crippen molar-refractivity contribution >= 4 is 29.2 Å². The Morgan fingerprint density at radius 3 is 1.73 bits per heavy atom.